The fourth-order valence-electron chi connectivity index (χ4n) is 1.15. The maximum Gasteiger partial charge on any atom is 0.181 e. The Bertz CT molecular complexity index is 259. The lowest BCUT2D eigenvalue weighted by Crippen LogP contribution is -2.13. The topological polar surface area (TPSA) is 37.3 Å². The van der Waals surface area contributed by atoms with Crippen molar-refractivity contribution in [2.45, 2.75) is 20.8 Å². The number of rotatable bonds is 1. The number of allylic oxidation sites excluding steroid dienone is 2. The van der Waals surface area contributed by atoms with Crippen LogP contribution in [0.4, 0.5) is 0 Å². The van der Waals surface area contributed by atoms with E-state index in [2.05, 4.69) is 0 Å². The molecule has 0 bridgehead atoms. The SMILES string of the molecule is CC1=C[C](O)C(C(C)C)=CC1=O. The van der Waals surface area contributed by atoms with E-state index in [1.54, 1.807) is 6.92 Å². The van der Waals surface area contributed by atoms with E-state index in [0.717, 1.165) is 5.57 Å². The van der Waals surface area contributed by atoms with Crippen LogP contribution in [0.3, 0.4) is 0 Å². The van der Waals surface area contributed by atoms with Gasteiger partial charge in [-0.05, 0) is 36.1 Å². The van der Waals surface area contributed by atoms with Crippen LogP contribution in [0, 0.1) is 12.0 Å². The van der Waals surface area contributed by atoms with Gasteiger partial charge in [-0.15, -0.1) is 0 Å². The van der Waals surface area contributed by atoms with Gasteiger partial charge in [0.25, 0.3) is 0 Å². The van der Waals surface area contributed by atoms with Crippen LogP contribution in [-0.2, 0) is 4.79 Å². The molecule has 0 aromatic heterocycles. The second kappa shape index (κ2) is 3.23. The lowest BCUT2D eigenvalue weighted by Gasteiger charge is -2.18. The van der Waals surface area contributed by atoms with Crippen molar-refractivity contribution >= 4 is 5.78 Å². The number of carbonyl (C=O) groups excluding carboxylic acids is 1. The van der Waals surface area contributed by atoms with Crippen LogP contribution in [0.2, 0.25) is 0 Å². The summed E-state index contributed by atoms with van der Waals surface area (Å²) in [6, 6.07) is 0. The largest absolute Gasteiger partial charge is 0.378 e. The van der Waals surface area contributed by atoms with Gasteiger partial charge in [-0.3, -0.25) is 4.79 Å². The Labute approximate surface area is 72.6 Å². The first-order valence-electron chi connectivity index (χ1n) is 4.03. The summed E-state index contributed by atoms with van der Waals surface area (Å²) in [6.07, 6.45) is 3.26. The first kappa shape index (κ1) is 9.20. The highest BCUT2D eigenvalue weighted by molar-refractivity contribution is 6.05. The third-order valence-corrected chi connectivity index (χ3v) is 1.95. The molecular formula is C10H13O2. The van der Waals surface area contributed by atoms with Crippen LogP contribution in [0.25, 0.3) is 0 Å². The molecule has 0 amide bonds. The molecule has 65 valence electrons. The molecule has 0 aromatic rings. The van der Waals surface area contributed by atoms with Gasteiger partial charge >= 0.3 is 0 Å². The van der Waals surface area contributed by atoms with Crippen molar-refractivity contribution in [1.82, 2.24) is 0 Å². The molecular weight excluding hydrogens is 152 g/mol. The van der Waals surface area contributed by atoms with E-state index in [4.69, 9.17) is 0 Å². The van der Waals surface area contributed by atoms with Crippen LogP contribution in [0.1, 0.15) is 20.8 Å². The number of carbonyl (C=O) groups is 1. The summed E-state index contributed by atoms with van der Waals surface area (Å²) in [6.45, 7) is 5.60. The van der Waals surface area contributed by atoms with Crippen LogP contribution in [-0.4, -0.2) is 10.9 Å². The summed E-state index contributed by atoms with van der Waals surface area (Å²) in [4.78, 5) is 11.2. The van der Waals surface area contributed by atoms with Gasteiger partial charge in [0, 0.05) is 0 Å². The van der Waals surface area contributed by atoms with Gasteiger partial charge in [0.15, 0.2) is 5.78 Å². The van der Waals surface area contributed by atoms with Crippen LogP contribution < -0.4 is 0 Å². The Morgan fingerprint density at radius 1 is 1.33 bits per heavy atom. The molecule has 0 fully saturated rings. The molecule has 1 aliphatic carbocycles. The highest BCUT2D eigenvalue weighted by atomic mass is 16.3. The number of aliphatic hydroxyl groups is 1. The molecule has 0 spiro atoms. The summed E-state index contributed by atoms with van der Waals surface area (Å²) in [7, 11) is 0. The molecule has 1 aliphatic rings. The Balaban J connectivity index is 2.93. The predicted molar refractivity (Wildman–Crippen MR) is 46.9 cm³/mol. The van der Waals surface area contributed by atoms with Gasteiger partial charge in [0.05, 0.1) is 0 Å². The molecule has 2 nitrogen and oxygen atoms in total. The molecule has 12 heavy (non-hydrogen) atoms. The highest BCUT2D eigenvalue weighted by Crippen LogP contribution is 2.26. The predicted octanol–water partition coefficient (Wildman–Crippen LogP) is 2.00. The second-order valence-electron chi connectivity index (χ2n) is 3.33. The first-order chi connectivity index (χ1) is 5.52. The Kier molecular flexibility index (Phi) is 2.48. The van der Waals surface area contributed by atoms with Crippen molar-refractivity contribution < 1.29 is 9.90 Å². The van der Waals surface area contributed by atoms with Crippen molar-refractivity contribution in [3.05, 3.63) is 29.4 Å². The average molecular weight is 165 g/mol. The number of hydrogen-bond acceptors (Lipinski definition) is 2. The van der Waals surface area contributed by atoms with Crippen molar-refractivity contribution in [1.29, 1.82) is 0 Å². The normalized spacial score (nSPS) is 19.6. The van der Waals surface area contributed by atoms with E-state index >= 15 is 0 Å². The van der Waals surface area contributed by atoms with Gasteiger partial charge in [-0.2, -0.15) is 0 Å². The fraction of sp³-hybridized carbons (Fsp3) is 0.400. The van der Waals surface area contributed by atoms with Crippen molar-refractivity contribution in [2.24, 2.45) is 5.92 Å². The fourth-order valence-corrected chi connectivity index (χ4v) is 1.15. The minimum Gasteiger partial charge on any atom is -0.378 e. The highest BCUT2D eigenvalue weighted by Gasteiger charge is 2.20. The molecule has 0 saturated heterocycles. The van der Waals surface area contributed by atoms with Crippen LogP contribution >= 0.6 is 0 Å². The van der Waals surface area contributed by atoms with Crippen molar-refractivity contribution in [2.75, 3.05) is 0 Å². The maximum absolute atomic E-state index is 11.2. The molecule has 1 rings (SSSR count). The molecule has 0 atom stereocenters. The van der Waals surface area contributed by atoms with E-state index in [9.17, 15) is 9.90 Å². The zero-order valence-electron chi connectivity index (χ0n) is 7.59. The van der Waals surface area contributed by atoms with E-state index in [0.29, 0.717) is 5.57 Å². The minimum atomic E-state index is -0.00324. The summed E-state index contributed by atoms with van der Waals surface area (Å²) in [5, 5.41) is 9.45. The van der Waals surface area contributed by atoms with Gasteiger partial charge < -0.3 is 5.11 Å². The van der Waals surface area contributed by atoms with E-state index in [-0.39, 0.29) is 17.8 Å². The standard InChI is InChI=1S/C10H13O2/c1-6(2)8-5-9(11)7(3)4-10(8)12/h4-6,12H,1-3H3. The molecule has 0 unspecified atom stereocenters. The van der Waals surface area contributed by atoms with Crippen molar-refractivity contribution in [3.63, 3.8) is 0 Å². The van der Waals surface area contributed by atoms with Crippen LogP contribution in [0.15, 0.2) is 23.3 Å². The molecule has 1 N–H and O–H groups in total. The third kappa shape index (κ3) is 1.64. The van der Waals surface area contributed by atoms with E-state index in [1.807, 2.05) is 13.8 Å². The van der Waals surface area contributed by atoms with Gasteiger partial charge in [-0.1, -0.05) is 13.8 Å². The second-order valence-corrected chi connectivity index (χ2v) is 3.33. The first-order valence-corrected chi connectivity index (χ1v) is 4.03. The minimum absolute atomic E-state index is 0.00324. The van der Waals surface area contributed by atoms with E-state index in [1.165, 1.54) is 12.2 Å². The molecule has 0 aliphatic heterocycles. The molecule has 2 heteroatoms. The Hall–Kier alpha value is -0.890. The summed E-state index contributed by atoms with van der Waals surface area (Å²) in [5.41, 5.74) is 1.32. The zero-order chi connectivity index (χ0) is 9.30. The van der Waals surface area contributed by atoms with Gasteiger partial charge in [0.2, 0.25) is 0 Å². The van der Waals surface area contributed by atoms with Gasteiger partial charge in [-0.25, -0.2) is 0 Å². The summed E-state index contributed by atoms with van der Waals surface area (Å²) < 4.78 is 0. The molecule has 0 heterocycles. The number of ketones is 1. The van der Waals surface area contributed by atoms with Gasteiger partial charge in [0.1, 0.15) is 6.10 Å². The third-order valence-electron chi connectivity index (χ3n) is 1.95. The number of hydrogen-bond donors (Lipinski definition) is 1. The lowest BCUT2D eigenvalue weighted by molar-refractivity contribution is -0.111. The Morgan fingerprint density at radius 3 is 2.42 bits per heavy atom. The quantitative estimate of drug-likeness (QED) is 0.645. The smallest absolute Gasteiger partial charge is 0.181 e. The summed E-state index contributed by atoms with van der Waals surface area (Å²) in [5.74, 6) is 0.190. The van der Waals surface area contributed by atoms with Crippen molar-refractivity contribution in [3.8, 4) is 0 Å². The summed E-state index contributed by atoms with van der Waals surface area (Å²) >= 11 is 0. The lowest BCUT2D eigenvalue weighted by atomic mass is 9.90. The van der Waals surface area contributed by atoms with E-state index < -0.39 is 0 Å². The molecule has 0 saturated carbocycles. The Morgan fingerprint density at radius 2 is 1.92 bits per heavy atom. The number of aliphatic hydroxyl groups excluding tert-OH is 1. The maximum atomic E-state index is 11.2. The molecule has 0 aromatic carbocycles. The molecule has 1 radical (unpaired) electrons. The monoisotopic (exact) mass is 165 g/mol. The zero-order valence-corrected chi connectivity index (χ0v) is 7.59. The van der Waals surface area contributed by atoms with Crippen LogP contribution in [0.5, 0.6) is 0 Å². The average Bonchev–Trinajstić information content (AvgIpc) is 1.96.